The molecule has 8 heteroatoms. The van der Waals surface area contributed by atoms with Crippen LogP contribution in [0.4, 0.5) is 0 Å². The molecule has 0 spiro atoms. The van der Waals surface area contributed by atoms with Gasteiger partial charge in [-0.05, 0) is 64.5 Å². The number of rotatable bonds is 4. The van der Waals surface area contributed by atoms with Crippen LogP contribution in [0.15, 0.2) is 4.99 Å². The molecule has 0 radical (unpaired) electrons. The van der Waals surface area contributed by atoms with E-state index in [4.69, 9.17) is 0 Å². The molecule has 0 atom stereocenters. The quantitative estimate of drug-likeness (QED) is 0.387. The number of hydrogen-bond acceptors (Lipinski definition) is 4. The van der Waals surface area contributed by atoms with Crippen molar-refractivity contribution in [2.24, 2.45) is 18.0 Å². The van der Waals surface area contributed by atoms with Crippen LogP contribution < -0.4 is 10.6 Å². The second-order valence-corrected chi connectivity index (χ2v) is 8.02. The molecule has 2 aliphatic rings. The van der Waals surface area contributed by atoms with Crippen LogP contribution in [-0.2, 0) is 13.6 Å². The Labute approximate surface area is 180 Å². The Bertz CT molecular complexity index is 599. The van der Waals surface area contributed by atoms with Crippen LogP contribution in [0.1, 0.15) is 57.1 Å². The summed E-state index contributed by atoms with van der Waals surface area (Å²) in [5.74, 6) is 3.63. The number of aliphatic imine (C=N–C) groups is 1. The second-order valence-electron chi connectivity index (χ2n) is 8.02. The van der Waals surface area contributed by atoms with Gasteiger partial charge in [-0.3, -0.25) is 4.99 Å². The van der Waals surface area contributed by atoms with Crippen LogP contribution in [-0.4, -0.2) is 57.8 Å². The molecule has 7 nitrogen and oxygen atoms in total. The van der Waals surface area contributed by atoms with E-state index in [1.807, 2.05) is 25.6 Å². The molecule has 27 heavy (non-hydrogen) atoms. The standard InChI is InChI=1S/C19H35N7.HI/c1-14-9-11-26(12-10-14)17-7-5-16(6-8-17)22-19(20-3)21-13-18-24-23-15(2)25(18)4;/h14,16-17H,5-13H2,1-4H3,(H2,20,21,22);1H. The predicted octanol–water partition coefficient (Wildman–Crippen LogP) is 2.45. The number of piperidine rings is 1. The number of hydrogen-bond donors (Lipinski definition) is 2. The van der Waals surface area contributed by atoms with E-state index in [-0.39, 0.29) is 24.0 Å². The van der Waals surface area contributed by atoms with Crippen molar-refractivity contribution in [3.63, 3.8) is 0 Å². The fraction of sp³-hybridized carbons (Fsp3) is 0.842. The molecule has 2 N–H and O–H groups in total. The zero-order valence-corrected chi connectivity index (χ0v) is 19.6. The zero-order valence-electron chi connectivity index (χ0n) is 17.2. The van der Waals surface area contributed by atoms with Crippen LogP contribution in [0.3, 0.4) is 0 Å². The Kier molecular flexibility index (Phi) is 8.78. The van der Waals surface area contributed by atoms with Crippen molar-refractivity contribution in [2.75, 3.05) is 20.1 Å². The smallest absolute Gasteiger partial charge is 0.191 e. The van der Waals surface area contributed by atoms with E-state index in [1.165, 1.54) is 51.6 Å². The van der Waals surface area contributed by atoms with Gasteiger partial charge in [0.2, 0.25) is 0 Å². The van der Waals surface area contributed by atoms with E-state index in [0.29, 0.717) is 12.6 Å². The summed E-state index contributed by atoms with van der Waals surface area (Å²) in [6.45, 7) is 7.58. The average Bonchev–Trinajstić information content (AvgIpc) is 2.98. The predicted molar refractivity (Wildman–Crippen MR) is 121 cm³/mol. The molecule has 3 rings (SSSR count). The first-order valence-electron chi connectivity index (χ1n) is 10.1. The Balaban J connectivity index is 0.00000261. The highest BCUT2D eigenvalue weighted by molar-refractivity contribution is 14.0. The van der Waals surface area contributed by atoms with Gasteiger partial charge in [-0.2, -0.15) is 0 Å². The monoisotopic (exact) mass is 489 g/mol. The topological polar surface area (TPSA) is 70.4 Å². The molecular formula is C19H36IN7. The lowest BCUT2D eigenvalue weighted by atomic mass is 9.88. The lowest BCUT2D eigenvalue weighted by Gasteiger charge is -2.40. The van der Waals surface area contributed by atoms with Crippen molar-refractivity contribution in [1.82, 2.24) is 30.3 Å². The molecule has 1 aliphatic heterocycles. The van der Waals surface area contributed by atoms with Gasteiger partial charge < -0.3 is 20.1 Å². The average molecular weight is 489 g/mol. The lowest BCUT2D eigenvalue weighted by Crippen LogP contribution is -2.48. The molecule has 2 heterocycles. The number of guanidine groups is 1. The summed E-state index contributed by atoms with van der Waals surface area (Å²) in [6, 6.07) is 1.31. The molecule has 0 unspecified atom stereocenters. The Morgan fingerprint density at radius 2 is 1.78 bits per heavy atom. The van der Waals surface area contributed by atoms with Crippen LogP contribution in [0, 0.1) is 12.8 Å². The van der Waals surface area contributed by atoms with Crippen molar-refractivity contribution in [2.45, 2.75) is 71.0 Å². The third-order valence-electron chi connectivity index (χ3n) is 6.19. The Hall–Kier alpha value is -0.900. The minimum absolute atomic E-state index is 0. The van der Waals surface area contributed by atoms with Crippen molar-refractivity contribution in [3.8, 4) is 0 Å². The van der Waals surface area contributed by atoms with Crippen LogP contribution in [0.5, 0.6) is 0 Å². The number of nitrogens with one attached hydrogen (secondary N) is 2. The summed E-state index contributed by atoms with van der Waals surface area (Å²) in [6.07, 6.45) is 7.78. The highest BCUT2D eigenvalue weighted by Gasteiger charge is 2.28. The van der Waals surface area contributed by atoms with E-state index in [2.05, 4.69) is 37.6 Å². The van der Waals surface area contributed by atoms with Crippen molar-refractivity contribution >= 4 is 29.9 Å². The van der Waals surface area contributed by atoms with E-state index in [0.717, 1.165) is 29.6 Å². The molecule has 154 valence electrons. The maximum absolute atomic E-state index is 4.38. The third-order valence-corrected chi connectivity index (χ3v) is 6.19. The SMILES string of the molecule is CN=C(NCc1nnc(C)n1C)NC1CCC(N2CCC(C)CC2)CC1.I. The van der Waals surface area contributed by atoms with Gasteiger partial charge in [0.1, 0.15) is 5.82 Å². The van der Waals surface area contributed by atoms with E-state index < -0.39 is 0 Å². The highest BCUT2D eigenvalue weighted by Crippen LogP contribution is 2.27. The molecule has 2 fully saturated rings. The number of aromatic nitrogens is 3. The molecule has 0 amide bonds. The minimum atomic E-state index is 0. The normalized spacial score (nSPS) is 25.1. The van der Waals surface area contributed by atoms with E-state index >= 15 is 0 Å². The first-order valence-corrected chi connectivity index (χ1v) is 10.1. The lowest BCUT2D eigenvalue weighted by molar-refractivity contribution is 0.105. The fourth-order valence-corrected chi connectivity index (χ4v) is 4.13. The first kappa shape index (κ1) is 22.4. The van der Waals surface area contributed by atoms with Gasteiger partial charge in [-0.15, -0.1) is 34.2 Å². The molecule has 1 aromatic heterocycles. The first-order chi connectivity index (χ1) is 12.6. The van der Waals surface area contributed by atoms with Gasteiger partial charge in [0.15, 0.2) is 11.8 Å². The number of nitrogens with zero attached hydrogens (tertiary/aromatic N) is 5. The van der Waals surface area contributed by atoms with Crippen LogP contribution >= 0.6 is 24.0 Å². The van der Waals surface area contributed by atoms with Crippen molar-refractivity contribution in [1.29, 1.82) is 0 Å². The summed E-state index contributed by atoms with van der Waals surface area (Å²) in [7, 11) is 3.82. The van der Waals surface area contributed by atoms with Crippen LogP contribution in [0.25, 0.3) is 0 Å². The zero-order chi connectivity index (χ0) is 18.5. The van der Waals surface area contributed by atoms with E-state index in [1.54, 1.807) is 0 Å². The summed E-state index contributed by atoms with van der Waals surface area (Å²) in [5, 5.41) is 15.3. The van der Waals surface area contributed by atoms with Gasteiger partial charge in [-0.1, -0.05) is 6.92 Å². The maximum atomic E-state index is 4.38. The summed E-state index contributed by atoms with van der Waals surface area (Å²) in [5.41, 5.74) is 0. The summed E-state index contributed by atoms with van der Waals surface area (Å²) >= 11 is 0. The third kappa shape index (κ3) is 6.04. The van der Waals surface area contributed by atoms with Crippen molar-refractivity contribution < 1.29 is 0 Å². The number of halogens is 1. The second kappa shape index (κ2) is 10.6. The van der Waals surface area contributed by atoms with E-state index in [9.17, 15) is 0 Å². The number of likely N-dealkylation sites (tertiary alicyclic amines) is 1. The highest BCUT2D eigenvalue weighted by atomic mass is 127. The molecule has 1 aliphatic carbocycles. The van der Waals surface area contributed by atoms with Gasteiger partial charge in [0, 0.05) is 26.2 Å². The fourth-order valence-electron chi connectivity index (χ4n) is 4.13. The molecule has 1 saturated heterocycles. The molecule has 0 bridgehead atoms. The largest absolute Gasteiger partial charge is 0.354 e. The molecule has 0 aromatic carbocycles. The number of aryl methyl sites for hydroxylation is 1. The van der Waals surface area contributed by atoms with Gasteiger partial charge >= 0.3 is 0 Å². The Morgan fingerprint density at radius 3 is 2.33 bits per heavy atom. The van der Waals surface area contributed by atoms with Crippen molar-refractivity contribution in [3.05, 3.63) is 11.6 Å². The maximum Gasteiger partial charge on any atom is 0.191 e. The van der Waals surface area contributed by atoms with Crippen LogP contribution in [0.2, 0.25) is 0 Å². The summed E-state index contributed by atoms with van der Waals surface area (Å²) in [4.78, 5) is 7.11. The molecule has 1 aromatic rings. The molecular weight excluding hydrogens is 453 g/mol. The minimum Gasteiger partial charge on any atom is -0.354 e. The Morgan fingerprint density at radius 1 is 1.11 bits per heavy atom. The van der Waals surface area contributed by atoms with Gasteiger partial charge in [0.25, 0.3) is 0 Å². The summed E-state index contributed by atoms with van der Waals surface area (Å²) < 4.78 is 2.00. The van der Waals surface area contributed by atoms with Gasteiger partial charge in [-0.25, -0.2) is 0 Å². The molecule has 1 saturated carbocycles. The van der Waals surface area contributed by atoms with Gasteiger partial charge in [0.05, 0.1) is 6.54 Å².